The molecule has 0 amide bonds. The number of anilines is 1. The van der Waals surface area contributed by atoms with E-state index in [2.05, 4.69) is 27.4 Å². The molecule has 1 atom stereocenters. The quantitative estimate of drug-likeness (QED) is 0.755. The zero-order valence-electron chi connectivity index (χ0n) is 12.9. The Hall–Kier alpha value is -3.23. The molecule has 2 aromatic carbocycles. The van der Waals surface area contributed by atoms with Crippen molar-refractivity contribution >= 4 is 5.82 Å². The smallest absolute Gasteiger partial charge is 0.158 e. The topological polar surface area (TPSA) is 81.8 Å². The first-order valence-corrected chi connectivity index (χ1v) is 7.56. The highest BCUT2D eigenvalue weighted by atomic mass is 16.3. The van der Waals surface area contributed by atoms with E-state index in [1.807, 2.05) is 48.5 Å². The van der Waals surface area contributed by atoms with Crippen LogP contribution in [0.5, 0.6) is 0 Å². The Bertz CT molecular complexity index is 824. The monoisotopic (exact) mass is 316 g/mol. The van der Waals surface area contributed by atoms with E-state index in [9.17, 15) is 5.11 Å². The van der Waals surface area contributed by atoms with Crippen LogP contribution in [0.15, 0.2) is 67.0 Å². The van der Waals surface area contributed by atoms with Gasteiger partial charge in [-0.25, -0.2) is 9.97 Å². The highest BCUT2D eigenvalue weighted by Crippen LogP contribution is 2.22. The molecule has 1 heterocycles. The molecule has 3 aromatic rings. The van der Waals surface area contributed by atoms with Crippen molar-refractivity contribution in [1.82, 2.24) is 9.97 Å². The summed E-state index contributed by atoms with van der Waals surface area (Å²) in [5.41, 5.74) is 3.34. The van der Waals surface area contributed by atoms with E-state index in [0.29, 0.717) is 12.4 Å². The normalized spacial score (nSPS) is 11.5. The average molecular weight is 316 g/mol. The fourth-order valence-corrected chi connectivity index (χ4v) is 2.32. The summed E-state index contributed by atoms with van der Waals surface area (Å²) >= 11 is 0. The summed E-state index contributed by atoms with van der Waals surface area (Å²) in [7, 11) is 0. The second kappa shape index (κ2) is 7.36. The lowest BCUT2D eigenvalue weighted by Crippen LogP contribution is -2.13. The van der Waals surface area contributed by atoms with Gasteiger partial charge >= 0.3 is 0 Å². The van der Waals surface area contributed by atoms with E-state index in [4.69, 9.17) is 5.26 Å². The van der Waals surface area contributed by atoms with Crippen LogP contribution in [-0.2, 0) is 0 Å². The maximum atomic E-state index is 10.3. The van der Waals surface area contributed by atoms with E-state index < -0.39 is 6.10 Å². The minimum atomic E-state index is -0.660. The van der Waals surface area contributed by atoms with Crippen LogP contribution in [-0.4, -0.2) is 21.6 Å². The summed E-state index contributed by atoms with van der Waals surface area (Å²) in [5.74, 6) is 0.522. The second-order valence-corrected chi connectivity index (χ2v) is 5.28. The van der Waals surface area contributed by atoms with Gasteiger partial charge in [0.25, 0.3) is 0 Å². The lowest BCUT2D eigenvalue weighted by Gasteiger charge is -2.13. The number of nitrogens with zero attached hydrogens (tertiary/aromatic N) is 3. The van der Waals surface area contributed by atoms with Crippen molar-refractivity contribution in [2.75, 3.05) is 11.9 Å². The minimum absolute atomic E-state index is 0.262. The highest BCUT2D eigenvalue weighted by molar-refractivity contribution is 5.63. The van der Waals surface area contributed by atoms with Crippen LogP contribution >= 0.6 is 0 Å². The fourth-order valence-electron chi connectivity index (χ4n) is 2.32. The average Bonchev–Trinajstić information content (AvgIpc) is 2.67. The molecule has 5 nitrogen and oxygen atoms in total. The molecule has 0 radical (unpaired) electrons. The van der Waals surface area contributed by atoms with Crippen molar-refractivity contribution in [3.8, 4) is 17.2 Å². The number of nitriles is 1. The Balaban J connectivity index is 1.62. The van der Waals surface area contributed by atoms with Crippen molar-refractivity contribution in [3.63, 3.8) is 0 Å². The first-order valence-electron chi connectivity index (χ1n) is 7.56. The number of hydrogen-bond acceptors (Lipinski definition) is 5. The van der Waals surface area contributed by atoms with Crippen molar-refractivity contribution in [2.24, 2.45) is 0 Å². The predicted octanol–water partition coefficient (Wildman–Crippen LogP) is 3.16. The maximum absolute atomic E-state index is 10.3. The Kier molecular flexibility index (Phi) is 4.80. The molecule has 0 fully saturated rings. The number of benzene rings is 2. The predicted molar refractivity (Wildman–Crippen MR) is 92.1 cm³/mol. The van der Waals surface area contributed by atoms with Crippen LogP contribution in [0.25, 0.3) is 11.1 Å². The summed E-state index contributed by atoms with van der Waals surface area (Å²) < 4.78 is 0. The molecule has 0 spiro atoms. The van der Waals surface area contributed by atoms with Crippen molar-refractivity contribution in [3.05, 3.63) is 78.2 Å². The van der Waals surface area contributed by atoms with Crippen molar-refractivity contribution in [1.29, 1.82) is 5.26 Å². The summed E-state index contributed by atoms with van der Waals surface area (Å²) in [6, 6.07) is 19.8. The van der Waals surface area contributed by atoms with Crippen LogP contribution in [0.2, 0.25) is 0 Å². The summed E-state index contributed by atoms with van der Waals surface area (Å²) in [6.07, 6.45) is 2.21. The van der Waals surface area contributed by atoms with Gasteiger partial charge in [-0.05, 0) is 16.7 Å². The maximum Gasteiger partial charge on any atom is 0.158 e. The standard InChI is InChI=1S/C19H16N4O/c20-10-17-11-22-19(13-21-17)23-12-18(24)16-8-6-15(7-9-16)14-4-2-1-3-5-14/h1-9,11,13,18,24H,12H2,(H,22,23)/t18-/m1/s1. The molecule has 0 aliphatic carbocycles. The number of nitrogens with one attached hydrogen (secondary N) is 1. The summed E-state index contributed by atoms with van der Waals surface area (Å²) in [5, 5.41) is 22.0. The van der Waals surface area contributed by atoms with E-state index in [0.717, 1.165) is 16.7 Å². The van der Waals surface area contributed by atoms with Gasteiger partial charge in [-0.2, -0.15) is 5.26 Å². The van der Waals surface area contributed by atoms with Crippen molar-refractivity contribution in [2.45, 2.75) is 6.10 Å². The molecule has 118 valence electrons. The Morgan fingerprint density at radius 2 is 1.67 bits per heavy atom. The minimum Gasteiger partial charge on any atom is -0.387 e. The zero-order chi connectivity index (χ0) is 16.8. The SMILES string of the molecule is N#Cc1cnc(NC[C@@H](O)c2ccc(-c3ccccc3)cc2)cn1. The molecular formula is C19H16N4O. The van der Waals surface area contributed by atoms with Gasteiger partial charge in [0.05, 0.1) is 18.5 Å². The molecule has 0 unspecified atom stereocenters. The second-order valence-electron chi connectivity index (χ2n) is 5.28. The molecule has 24 heavy (non-hydrogen) atoms. The van der Waals surface area contributed by atoms with E-state index in [1.165, 1.54) is 12.4 Å². The van der Waals surface area contributed by atoms with E-state index in [1.54, 1.807) is 0 Å². The van der Waals surface area contributed by atoms with Gasteiger partial charge in [-0.3, -0.25) is 0 Å². The molecular weight excluding hydrogens is 300 g/mol. The first kappa shape index (κ1) is 15.7. The molecule has 0 saturated heterocycles. The molecule has 0 bridgehead atoms. The lowest BCUT2D eigenvalue weighted by atomic mass is 10.0. The van der Waals surface area contributed by atoms with Gasteiger partial charge in [0.2, 0.25) is 0 Å². The van der Waals surface area contributed by atoms with Gasteiger partial charge < -0.3 is 10.4 Å². The highest BCUT2D eigenvalue weighted by Gasteiger charge is 2.08. The van der Waals surface area contributed by atoms with Crippen molar-refractivity contribution < 1.29 is 5.11 Å². The zero-order valence-corrected chi connectivity index (χ0v) is 12.9. The number of rotatable bonds is 5. The van der Waals surface area contributed by atoms with E-state index in [-0.39, 0.29) is 5.69 Å². The third kappa shape index (κ3) is 3.75. The lowest BCUT2D eigenvalue weighted by molar-refractivity contribution is 0.191. The fraction of sp³-hybridized carbons (Fsp3) is 0.105. The Morgan fingerprint density at radius 3 is 2.29 bits per heavy atom. The molecule has 0 aliphatic rings. The van der Waals surface area contributed by atoms with Crippen LogP contribution in [0.3, 0.4) is 0 Å². The van der Waals surface area contributed by atoms with Crippen LogP contribution in [0.4, 0.5) is 5.82 Å². The Labute approximate surface area is 140 Å². The summed E-state index contributed by atoms with van der Waals surface area (Å²) in [6.45, 7) is 0.311. The van der Waals surface area contributed by atoms with Gasteiger partial charge in [-0.15, -0.1) is 0 Å². The van der Waals surface area contributed by atoms with Gasteiger partial charge in [0.15, 0.2) is 5.69 Å². The van der Waals surface area contributed by atoms with Crippen LogP contribution in [0, 0.1) is 11.3 Å². The molecule has 0 saturated carbocycles. The van der Waals surface area contributed by atoms with E-state index >= 15 is 0 Å². The van der Waals surface area contributed by atoms with Crippen LogP contribution < -0.4 is 5.32 Å². The number of aliphatic hydroxyl groups excluding tert-OH is 1. The number of hydrogen-bond donors (Lipinski definition) is 2. The summed E-state index contributed by atoms with van der Waals surface area (Å²) in [4.78, 5) is 7.99. The molecule has 5 heteroatoms. The molecule has 2 N–H and O–H groups in total. The molecule has 0 aliphatic heterocycles. The molecule has 1 aromatic heterocycles. The number of aromatic nitrogens is 2. The van der Waals surface area contributed by atoms with Gasteiger partial charge in [-0.1, -0.05) is 54.6 Å². The first-order chi connectivity index (χ1) is 11.8. The largest absolute Gasteiger partial charge is 0.387 e. The van der Waals surface area contributed by atoms with Gasteiger partial charge in [0, 0.05) is 6.54 Å². The van der Waals surface area contributed by atoms with Crippen LogP contribution in [0.1, 0.15) is 17.4 Å². The third-order valence-electron chi connectivity index (χ3n) is 3.65. The third-order valence-corrected chi connectivity index (χ3v) is 3.65. The molecule has 3 rings (SSSR count). The number of aliphatic hydroxyl groups is 1. The Morgan fingerprint density at radius 1 is 0.958 bits per heavy atom. The van der Waals surface area contributed by atoms with Gasteiger partial charge in [0.1, 0.15) is 11.9 Å².